The fraction of sp³-hybridized carbons (Fsp3) is 0.538. The zero-order chi connectivity index (χ0) is 12.4. The van der Waals surface area contributed by atoms with Gasteiger partial charge in [-0.1, -0.05) is 28.1 Å². The highest BCUT2D eigenvalue weighted by molar-refractivity contribution is 9.10. The van der Waals surface area contributed by atoms with E-state index < -0.39 is 0 Å². The van der Waals surface area contributed by atoms with E-state index in [1.54, 1.807) is 0 Å². The molecule has 0 N–H and O–H groups in total. The summed E-state index contributed by atoms with van der Waals surface area (Å²) in [6.45, 7) is 9.14. The number of aryl methyl sites for hydroxylation is 1. The van der Waals surface area contributed by atoms with Crippen molar-refractivity contribution in [2.75, 3.05) is 26.2 Å². The van der Waals surface area contributed by atoms with E-state index in [1.165, 1.54) is 41.8 Å². The summed E-state index contributed by atoms with van der Waals surface area (Å²) in [6, 6.07) is 7.23. The highest BCUT2D eigenvalue weighted by atomic mass is 79.9. The van der Waals surface area contributed by atoms with E-state index in [4.69, 9.17) is 0 Å². The molecule has 1 aromatic rings. The summed E-state index contributed by atoms with van der Waals surface area (Å²) in [5.41, 5.74) is 2.71. The fourth-order valence-electron chi connectivity index (χ4n) is 2.29. The third kappa shape index (κ3) is 3.12. The van der Waals surface area contributed by atoms with Crippen molar-refractivity contribution < 1.29 is 0 Å². The van der Waals surface area contributed by atoms with Crippen LogP contribution in [0.15, 0.2) is 22.7 Å². The molecule has 0 aromatic heterocycles. The third-order valence-electron chi connectivity index (χ3n) is 3.76. The third-order valence-corrected chi connectivity index (χ3v) is 4.62. The van der Waals surface area contributed by atoms with Crippen molar-refractivity contribution in [3.63, 3.8) is 0 Å². The van der Waals surface area contributed by atoms with E-state index in [9.17, 15) is 0 Å². The average Bonchev–Trinajstić information content (AvgIpc) is 2.33. The second-order valence-electron chi connectivity index (χ2n) is 5.02. The van der Waals surface area contributed by atoms with E-state index in [2.05, 4.69) is 65.7 Å². The summed E-state index contributed by atoms with van der Waals surface area (Å²) in [4.78, 5) is 4.96. The van der Waals surface area contributed by atoms with Gasteiger partial charge >= 0.3 is 0 Å². The van der Waals surface area contributed by atoms with Gasteiger partial charge in [0.2, 0.25) is 0 Å². The van der Waals surface area contributed by atoms with Crippen LogP contribution in [-0.2, 0) is 0 Å². The molecule has 92 valence electrons. The maximum atomic E-state index is 3.62. The van der Waals surface area contributed by atoms with Crippen LogP contribution in [0.25, 0.3) is 0 Å². The lowest BCUT2D eigenvalue weighted by Crippen LogP contribution is -2.45. The number of hydrogen-bond acceptors (Lipinski definition) is 2. The molecule has 0 bridgehead atoms. The van der Waals surface area contributed by atoms with E-state index in [1.807, 2.05) is 0 Å². The fourth-order valence-corrected chi connectivity index (χ4v) is 2.69. The van der Waals surface area contributed by atoms with Crippen molar-refractivity contribution >= 4 is 23.9 Å². The lowest BCUT2D eigenvalue weighted by molar-refractivity contribution is 0.147. The van der Waals surface area contributed by atoms with Crippen LogP contribution < -0.4 is 0 Å². The number of nitrogens with zero attached hydrogens (tertiary/aromatic N) is 2. The Labute approximate surface area is 114 Å². The van der Waals surface area contributed by atoms with Crippen LogP contribution in [-0.4, -0.2) is 43.9 Å². The van der Waals surface area contributed by atoms with E-state index in [0.29, 0.717) is 6.04 Å². The van der Waals surface area contributed by atoms with Crippen molar-refractivity contribution in [2.24, 2.45) is 0 Å². The Hall–Kier alpha value is -0.315. The van der Waals surface area contributed by atoms with E-state index in [-0.39, 0.29) is 0 Å². The molecule has 2 rings (SSSR count). The van der Waals surface area contributed by atoms with Crippen LogP contribution in [0.3, 0.4) is 0 Å². The van der Waals surface area contributed by atoms with Crippen molar-refractivity contribution in [3.05, 3.63) is 33.8 Å². The second-order valence-corrected chi connectivity index (χ2v) is 5.88. The van der Waals surface area contributed by atoms with Gasteiger partial charge in [-0.25, -0.2) is 0 Å². The zero-order valence-electron chi connectivity index (χ0n) is 10.9. The summed E-state index contributed by atoms with van der Waals surface area (Å²) >= 11 is 3.62. The Kier molecular flexibility index (Phi) is 4.29. The lowest BCUT2D eigenvalue weighted by atomic mass is 10.0. The van der Waals surface area contributed by atoms with Crippen molar-refractivity contribution in [1.82, 2.24) is 9.71 Å². The highest BCUT2D eigenvalue weighted by Crippen LogP contribution is 2.26. The van der Waals surface area contributed by atoms with E-state index in [0.717, 1.165) is 0 Å². The monoisotopic (exact) mass is 294 g/mol. The van der Waals surface area contributed by atoms with Gasteiger partial charge in [0.05, 0.1) is 0 Å². The molecular formula is C13H20BBrN2. The van der Waals surface area contributed by atoms with Crippen molar-refractivity contribution in [1.29, 1.82) is 0 Å². The molecule has 17 heavy (non-hydrogen) atoms. The quantitative estimate of drug-likeness (QED) is 0.770. The summed E-state index contributed by atoms with van der Waals surface area (Å²) in [6.07, 6.45) is 0. The first-order chi connectivity index (χ1) is 8.08. The van der Waals surface area contributed by atoms with Gasteiger partial charge < -0.3 is 4.81 Å². The van der Waals surface area contributed by atoms with Crippen LogP contribution in [0.5, 0.6) is 0 Å². The Morgan fingerprint density at radius 1 is 1.24 bits per heavy atom. The summed E-state index contributed by atoms with van der Waals surface area (Å²) in [7, 11) is 2.20. The SMILES string of the molecule is BN1CCN(C(C)c2ccc(C)c(Br)c2)CC1. The first kappa shape index (κ1) is 13.1. The highest BCUT2D eigenvalue weighted by Gasteiger charge is 2.20. The zero-order valence-corrected chi connectivity index (χ0v) is 12.5. The molecule has 0 saturated carbocycles. The average molecular weight is 295 g/mol. The molecule has 0 radical (unpaired) electrons. The first-order valence-corrected chi connectivity index (χ1v) is 7.06. The predicted octanol–water partition coefficient (Wildman–Crippen LogP) is 1.98. The number of rotatable bonds is 2. The van der Waals surface area contributed by atoms with Gasteiger partial charge in [-0.15, -0.1) is 0 Å². The molecule has 1 aromatic carbocycles. The molecule has 0 spiro atoms. The molecule has 1 aliphatic heterocycles. The van der Waals surface area contributed by atoms with Gasteiger partial charge in [-0.3, -0.25) is 4.90 Å². The van der Waals surface area contributed by atoms with Crippen molar-refractivity contribution in [3.8, 4) is 0 Å². The molecule has 4 heteroatoms. The minimum absolute atomic E-state index is 0.514. The van der Waals surface area contributed by atoms with Crippen LogP contribution >= 0.6 is 15.9 Å². The van der Waals surface area contributed by atoms with Crippen LogP contribution in [0.1, 0.15) is 24.1 Å². The van der Waals surface area contributed by atoms with Gasteiger partial charge in [0, 0.05) is 23.6 Å². The van der Waals surface area contributed by atoms with Crippen molar-refractivity contribution in [2.45, 2.75) is 19.9 Å². The molecule has 1 heterocycles. The largest absolute Gasteiger partial charge is 0.346 e. The van der Waals surface area contributed by atoms with Crippen LogP contribution in [0.4, 0.5) is 0 Å². The molecule has 0 amide bonds. The second kappa shape index (κ2) is 5.55. The lowest BCUT2D eigenvalue weighted by Gasteiger charge is -2.37. The molecule has 1 saturated heterocycles. The van der Waals surface area contributed by atoms with Gasteiger partial charge in [-0.2, -0.15) is 0 Å². The number of halogens is 1. The van der Waals surface area contributed by atoms with Crippen LogP contribution in [0, 0.1) is 6.92 Å². The van der Waals surface area contributed by atoms with Gasteiger partial charge in [0.1, 0.15) is 0 Å². The minimum atomic E-state index is 0.514. The predicted molar refractivity (Wildman–Crippen MR) is 79.0 cm³/mol. The Morgan fingerprint density at radius 3 is 2.47 bits per heavy atom. The molecule has 1 fully saturated rings. The Bertz CT molecular complexity index is 389. The Morgan fingerprint density at radius 2 is 1.88 bits per heavy atom. The van der Waals surface area contributed by atoms with Gasteiger partial charge in [0.15, 0.2) is 7.98 Å². The first-order valence-electron chi connectivity index (χ1n) is 6.26. The molecule has 2 nitrogen and oxygen atoms in total. The number of piperazine rings is 1. The summed E-state index contributed by atoms with van der Waals surface area (Å²) < 4.78 is 1.22. The number of benzene rings is 1. The molecule has 1 aliphatic rings. The Balaban J connectivity index is 2.08. The smallest absolute Gasteiger partial charge is 0.185 e. The molecule has 0 aliphatic carbocycles. The van der Waals surface area contributed by atoms with Crippen LogP contribution in [0.2, 0.25) is 0 Å². The topological polar surface area (TPSA) is 6.48 Å². The normalized spacial score (nSPS) is 20.4. The summed E-state index contributed by atoms with van der Waals surface area (Å²) in [5.74, 6) is 0. The maximum Gasteiger partial charge on any atom is 0.185 e. The minimum Gasteiger partial charge on any atom is -0.346 e. The maximum absolute atomic E-state index is 3.62. The molecule has 1 unspecified atom stereocenters. The van der Waals surface area contributed by atoms with Gasteiger partial charge in [-0.05, 0) is 44.1 Å². The van der Waals surface area contributed by atoms with Gasteiger partial charge in [0.25, 0.3) is 0 Å². The summed E-state index contributed by atoms with van der Waals surface area (Å²) in [5, 5.41) is 0. The number of hydrogen-bond donors (Lipinski definition) is 0. The standard InChI is InChI=1S/C13H20BBrN2/c1-10-3-4-12(9-13(10)15)11(2)16-5-7-17(14)8-6-16/h3-4,9,11H,5-8,14H2,1-2H3. The molecular weight excluding hydrogens is 275 g/mol. The van der Waals surface area contributed by atoms with E-state index >= 15 is 0 Å². The molecule has 1 atom stereocenters.